The number of halogens is 1. The van der Waals surface area contributed by atoms with Gasteiger partial charge < -0.3 is 9.88 Å². The van der Waals surface area contributed by atoms with Crippen LogP contribution in [0.2, 0.25) is 0 Å². The van der Waals surface area contributed by atoms with Crippen molar-refractivity contribution in [2.24, 2.45) is 0 Å². The molecule has 0 bridgehead atoms. The first-order valence-electron chi connectivity index (χ1n) is 7.14. The minimum atomic E-state index is -0.201. The topological polar surface area (TPSA) is 42.7 Å². The lowest BCUT2D eigenvalue weighted by molar-refractivity contribution is 0.483. The van der Waals surface area contributed by atoms with Crippen LogP contribution in [0.1, 0.15) is 43.0 Å². The minimum absolute atomic E-state index is 0.159. The third-order valence-electron chi connectivity index (χ3n) is 3.87. The predicted octanol–water partition coefficient (Wildman–Crippen LogP) is 2.60. The summed E-state index contributed by atoms with van der Waals surface area (Å²) in [5.41, 5.74) is 1.07. The number of nitrogens with zero attached hydrogens (tertiary/aromatic N) is 3. The molecule has 0 aliphatic carbocycles. The average molecular weight is 274 g/mol. The molecule has 4 nitrogen and oxygen atoms in total. The molecule has 0 saturated heterocycles. The Balaban J connectivity index is 1.64. The molecule has 20 heavy (non-hydrogen) atoms. The minimum Gasteiger partial charge on any atom is -0.314 e. The molecule has 3 rings (SSSR count). The van der Waals surface area contributed by atoms with Crippen LogP contribution in [0.4, 0.5) is 4.39 Å². The number of nitrogens with one attached hydrogen (secondary N) is 1. The van der Waals surface area contributed by atoms with Gasteiger partial charge in [0.15, 0.2) is 0 Å². The smallest absolute Gasteiger partial charge is 0.147 e. The van der Waals surface area contributed by atoms with Crippen molar-refractivity contribution >= 4 is 0 Å². The van der Waals surface area contributed by atoms with E-state index in [0.717, 1.165) is 30.2 Å². The lowest BCUT2D eigenvalue weighted by Crippen LogP contribution is -2.22. The van der Waals surface area contributed by atoms with Crippen molar-refractivity contribution < 1.29 is 4.39 Å². The standard InChI is InChI=1S/C15H19FN4/c1-11(12-5-7-13(16)8-6-12)17-10-15-19-18-14-4-2-3-9-20(14)15/h5-8,11,17H,2-4,9-10H2,1H3. The fourth-order valence-electron chi connectivity index (χ4n) is 2.61. The zero-order valence-electron chi connectivity index (χ0n) is 11.6. The Morgan fingerprint density at radius 3 is 2.85 bits per heavy atom. The van der Waals surface area contributed by atoms with Gasteiger partial charge in [0, 0.05) is 19.0 Å². The molecule has 1 aliphatic rings. The fourth-order valence-corrected chi connectivity index (χ4v) is 2.61. The third-order valence-corrected chi connectivity index (χ3v) is 3.87. The Hall–Kier alpha value is -1.75. The van der Waals surface area contributed by atoms with Crippen molar-refractivity contribution in [3.05, 3.63) is 47.3 Å². The molecule has 1 aliphatic heterocycles. The van der Waals surface area contributed by atoms with Crippen LogP contribution in [-0.4, -0.2) is 14.8 Å². The molecule has 0 radical (unpaired) electrons. The Kier molecular flexibility index (Phi) is 3.78. The van der Waals surface area contributed by atoms with Gasteiger partial charge in [0.25, 0.3) is 0 Å². The number of benzene rings is 1. The normalized spacial score (nSPS) is 15.9. The highest BCUT2D eigenvalue weighted by atomic mass is 19.1. The fraction of sp³-hybridized carbons (Fsp3) is 0.467. The van der Waals surface area contributed by atoms with Crippen LogP contribution in [0.3, 0.4) is 0 Å². The third kappa shape index (κ3) is 2.72. The molecule has 0 spiro atoms. The van der Waals surface area contributed by atoms with E-state index < -0.39 is 0 Å². The molecule has 2 heterocycles. The summed E-state index contributed by atoms with van der Waals surface area (Å²) in [4.78, 5) is 0. The Morgan fingerprint density at radius 2 is 2.05 bits per heavy atom. The van der Waals surface area contributed by atoms with E-state index in [2.05, 4.69) is 27.0 Å². The van der Waals surface area contributed by atoms with Crippen molar-refractivity contribution in [2.45, 2.75) is 45.3 Å². The van der Waals surface area contributed by atoms with E-state index in [9.17, 15) is 4.39 Å². The first-order valence-corrected chi connectivity index (χ1v) is 7.14. The second kappa shape index (κ2) is 5.71. The highest BCUT2D eigenvalue weighted by Crippen LogP contribution is 2.16. The molecule has 1 atom stereocenters. The van der Waals surface area contributed by atoms with Gasteiger partial charge in [0.05, 0.1) is 6.54 Å². The maximum Gasteiger partial charge on any atom is 0.147 e. The lowest BCUT2D eigenvalue weighted by atomic mass is 10.1. The van der Waals surface area contributed by atoms with Gasteiger partial charge >= 0.3 is 0 Å². The average Bonchev–Trinajstić information content (AvgIpc) is 2.89. The summed E-state index contributed by atoms with van der Waals surface area (Å²) >= 11 is 0. The van der Waals surface area contributed by atoms with E-state index in [-0.39, 0.29) is 11.9 Å². The van der Waals surface area contributed by atoms with Gasteiger partial charge in [-0.15, -0.1) is 10.2 Å². The summed E-state index contributed by atoms with van der Waals surface area (Å²) in [5, 5.41) is 11.9. The second-order valence-corrected chi connectivity index (χ2v) is 5.30. The Morgan fingerprint density at radius 1 is 1.25 bits per heavy atom. The SMILES string of the molecule is CC(NCc1nnc2n1CCCC2)c1ccc(F)cc1. The number of hydrogen-bond donors (Lipinski definition) is 1. The van der Waals surface area contributed by atoms with Crippen LogP contribution in [0.25, 0.3) is 0 Å². The molecule has 0 saturated carbocycles. The highest BCUT2D eigenvalue weighted by Gasteiger charge is 2.16. The summed E-state index contributed by atoms with van der Waals surface area (Å²) in [6.45, 7) is 3.77. The second-order valence-electron chi connectivity index (χ2n) is 5.30. The monoisotopic (exact) mass is 274 g/mol. The molecule has 0 fully saturated rings. The van der Waals surface area contributed by atoms with Gasteiger partial charge in [-0.2, -0.15) is 0 Å². The lowest BCUT2D eigenvalue weighted by Gasteiger charge is -2.17. The molecule has 5 heteroatoms. The van der Waals surface area contributed by atoms with Gasteiger partial charge in [0.1, 0.15) is 17.5 Å². The van der Waals surface area contributed by atoms with Gasteiger partial charge in [-0.1, -0.05) is 12.1 Å². The molecule has 0 amide bonds. The van der Waals surface area contributed by atoms with E-state index in [1.54, 1.807) is 0 Å². The van der Waals surface area contributed by atoms with Crippen LogP contribution in [-0.2, 0) is 19.5 Å². The van der Waals surface area contributed by atoms with Crippen LogP contribution in [0, 0.1) is 5.82 Å². The first-order chi connectivity index (χ1) is 9.74. The Labute approximate surface area is 118 Å². The summed E-state index contributed by atoms with van der Waals surface area (Å²) in [5.74, 6) is 1.89. The largest absolute Gasteiger partial charge is 0.314 e. The maximum absolute atomic E-state index is 12.9. The van der Waals surface area contributed by atoms with Gasteiger partial charge in [0.2, 0.25) is 0 Å². The van der Waals surface area contributed by atoms with E-state index in [0.29, 0.717) is 6.54 Å². The molecule has 1 aromatic heterocycles. The van der Waals surface area contributed by atoms with E-state index in [1.165, 1.54) is 25.0 Å². The first kappa shape index (κ1) is 13.2. The molecule has 1 unspecified atom stereocenters. The number of rotatable bonds is 4. The van der Waals surface area contributed by atoms with E-state index in [1.807, 2.05) is 12.1 Å². The molecule has 106 valence electrons. The van der Waals surface area contributed by atoms with Crippen LogP contribution >= 0.6 is 0 Å². The zero-order chi connectivity index (χ0) is 13.9. The molecular formula is C15H19FN4. The summed E-state index contributed by atoms with van der Waals surface area (Å²) in [7, 11) is 0. The summed E-state index contributed by atoms with van der Waals surface area (Å²) < 4.78 is 15.1. The van der Waals surface area contributed by atoms with Gasteiger partial charge in [-0.3, -0.25) is 0 Å². The van der Waals surface area contributed by atoms with Crippen LogP contribution in [0.15, 0.2) is 24.3 Å². The number of aromatic nitrogens is 3. The highest BCUT2D eigenvalue weighted by molar-refractivity contribution is 5.19. The predicted molar refractivity (Wildman–Crippen MR) is 74.6 cm³/mol. The molecule has 1 aromatic carbocycles. The van der Waals surface area contributed by atoms with Crippen molar-refractivity contribution in [2.75, 3.05) is 0 Å². The van der Waals surface area contributed by atoms with E-state index >= 15 is 0 Å². The van der Waals surface area contributed by atoms with Crippen molar-refractivity contribution in [3.63, 3.8) is 0 Å². The van der Waals surface area contributed by atoms with Crippen LogP contribution < -0.4 is 5.32 Å². The van der Waals surface area contributed by atoms with Crippen LogP contribution in [0.5, 0.6) is 0 Å². The molecule has 2 aromatic rings. The van der Waals surface area contributed by atoms with Gasteiger partial charge in [-0.25, -0.2) is 4.39 Å². The van der Waals surface area contributed by atoms with Crippen molar-refractivity contribution in [1.82, 2.24) is 20.1 Å². The zero-order valence-corrected chi connectivity index (χ0v) is 11.6. The molecule has 1 N–H and O–H groups in total. The maximum atomic E-state index is 12.9. The van der Waals surface area contributed by atoms with Gasteiger partial charge in [-0.05, 0) is 37.5 Å². The van der Waals surface area contributed by atoms with E-state index in [4.69, 9.17) is 0 Å². The Bertz CT molecular complexity index is 576. The van der Waals surface area contributed by atoms with Crippen molar-refractivity contribution in [1.29, 1.82) is 0 Å². The quantitative estimate of drug-likeness (QED) is 0.932. The molecular weight excluding hydrogens is 255 g/mol. The number of hydrogen-bond acceptors (Lipinski definition) is 3. The number of aryl methyl sites for hydroxylation is 1. The summed E-state index contributed by atoms with van der Waals surface area (Å²) in [6.07, 6.45) is 3.43. The number of fused-ring (bicyclic) bond motifs is 1. The summed E-state index contributed by atoms with van der Waals surface area (Å²) in [6, 6.07) is 6.77. The van der Waals surface area contributed by atoms with Crippen molar-refractivity contribution in [3.8, 4) is 0 Å².